The van der Waals surface area contributed by atoms with Crippen LogP contribution in [0.2, 0.25) is 0 Å². The molecule has 1 atom stereocenters. The molecule has 1 unspecified atom stereocenters. The van der Waals surface area contributed by atoms with Gasteiger partial charge in [0.25, 0.3) is 0 Å². The second-order valence-corrected chi connectivity index (χ2v) is 4.20. The minimum Gasteiger partial charge on any atom is -0.481 e. The third-order valence-electron chi connectivity index (χ3n) is 2.50. The zero-order valence-electron chi connectivity index (χ0n) is 10.4. The van der Waals surface area contributed by atoms with E-state index in [2.05, 4.69) is 5.32 Å². The maximum atomic E-state index is 11.5. The lowest BCUT2D eigenvalue weighted by Crippen LogP contribution is -2.42. The molecule has 0 aliphatic rings. The van der Waals surface area contributed by atoms with E-state index in [1.807, 2.05) is 6.07 Å². The summed E-state index contributed by atoms with van der Waals surface area (Å²) in [6.07, 6.45) is 0.260. The molecular formula is C11H19N3O3. The van der Waals surface area contributed by atoms with Gasteiger partial charge >= 0.3 is 12.0 Å². The average Bonchev–Trinajstić information content (AvgIpc) is 2.24. The first-order valence-corrected chi connectivity index (χ1v) is 5.48. The summed E-state index contributed by atoms with van der Waals surface area (Å²) in [5, 5.41) is 19.9. The SMILES string of the molecule is CC(C)C(CNC(=O)N(C)CCC#N)C(=O)O. The molecule has 2 N–H and O–H groups in total. The Morgan fingerprint density at radius 1 is 1.47 bits per heavy atom. The number of aliphatic carboxylic acids is 1. The predicted molar refractivity (Wildman–Crippen MR) is 62.2 cm³/mol. The molecular weight excluding hydrogens is 222 g/mol. The molecule has 0 aromatic heterocycles. The van der Waals surface area contributed by atoms with Crippen LogP contribution in [0, 0.1) is 23.2 Å². The molecule has 0 aromatic rings. The van der Waals surface area contributed by atoms with Crippen LogP contribution in [0.3, 0.4) is 0 Å². The summed E-state index contributed by atoms with van der Waals surface area (Å²) in [5.41, 5.74) is 0. The summed E-state index contributed by atoms with van der Waals surface area (Å²) in [6, 6.07) is 1.58. The van der Waals surface area contributed by atoms with Gasteiger partial charge in [-0.1, -0.05) is 13.8 Å². The maximum absolute atomic E-state index is 11.5. The van der Waals surface area contributed by atoms with Crippen LogP contribution in [-0.2, 0) is 4.79 Å². The van der Waals surface area contributed by atoms with E-state index in [0.29, 0.717) is 6.54 Å². The number of carboxylic acids is 1. The molecule has 0 heterocycles. The van der Waals surface area contributed by atoms with Crippen LogP contribution in [0.25, 0.3) is 0 Å². The summed E-state index contributed by atoms with van der Waals surface area (Å²) < 4.78 is 0. The van der Waals surface area contributed by atoms with Gasteiger partial charge < -0.3 is 15.3 Å². The first-order valence-electron chi connectivity index (χ1n) is 5.48. The summed E-state index contributed by atoms with van der Waals surface area (Å²) in [7, 11) is 1.57. The van der Waals surface area contributed by atoms with E-state index >= 15 is 0 Å². The second kappa shape index (κ2) is 7.49. The molecule has 0 rings (SSSR count). The molecule has 6 heteroatoms. The first-order chi connectivity index (χ1) is 7.90. The van der Waals surface area contributed by atoms with Gasteiger partial charge in [0.2, 0.25) is 0 Å². The van der Waals surface area contributed by atoms with E-state index in [-0.39, 0.29) is 24.9 Å². The van der Waals surface area contributed by atoms with Gasteiger partial charge in [0.1, 0.15) is 0 Å². The number of carboxylic acid groups (broad SMARTS) is 1. The van der Waals surface area contributed by atoms with Crippen molar-refractivity contribution in [1.29, 1.82) is 5.26 Å². The van der Waals surface area contributed by atoms with Crippen LogP contribution in [0.5, 0.6) is 0 Å². The molecule has 6 nitrogen and oxygen atoms in total. The zero-order valence-corrected chi connectivity index (χ0v) is 10.4. The van der Waals surface area contributed by atoms with Gasteiger partial charge in [0, 0.05) is 20.1 Å². The third-order valence-corrected chi connectivity index (χ3v) is 2.50. The molecule has 0 radical (unpaired) electrons. The van der Waals surface area contributed by atoms with Crippen LogP contribution in [0.15, 0.2) is 0 Å². The Morgan fingerprint density at radius 3 is 2.47 bits per heavy atom. The van der Waals surface area contributed by atoms with E-state index in [0.717, 1.165) is 0 Å². The second-order valence-electron chi connectivity index (χ2n) is 4.20. The van der Waals surface area contributed by atoms with E-state index < -0.39 is 11.9 Å². The Hall–Kier alpha value is -1.77. The number of hydrogen-bond acceptors (Lipinski definition) is 3. The molecule has 0 saturated carbocycles. The lowest BCUT2D eigenvalue weighted by atomic mass is 9.96. The van der Waals surface area contributed by atoms with Crippen molar-refractivity contribution in [2.24, 2.45) is 11.8 Å². The third kappa shape index (κ3) is 5.76. The van der Waals surface area contributed by atoms with Crippen LogP contribution in [-0.4, -0.2) is 42.1 Å². The highest BCUT2D eigenvalue weighted by molar-refractivity contribution is 5.75. The number of carbonyl (C=O) groups is 2. The molecule has 2 amide bonds. The number of urea groups is 1. The highest BCUT2D eigenvalue weighted by Gasteiger charge is 2.22. The standard InChI is InChI=1S/C11H19N3O3/c1-8(2)9(10(15)16)7-13-11(17)14(3)6-4-5-12/h8-9H,4,6-7H2,1-3H3,(H,13,17)(H,15,16). The first kappa shape index (κ1) is 15.2. The zero-order chi connectivity index (χ0) is 13.4. The lowest BCUT2D eigenvalue weighted by Gasteiger charge is -2.20. The smallest absolute Gasteiger partial charge is 0.317 e. The van der Waals surface area contributed by atoms with Gasteiger partial charge in [0.05, 0.1) is 18.4 Å². The number of carbonyl (C=O) groups excluding carboxylic acids is 1. The van der Waals surface area contributed by atoms with Gasteiger partial charge in [-0.2, -0.15) is 5.26 Å². The normalized spacial score (nSPS) is 11.7. The Balaban J connectivity index is 4.13. The van der Waals surface area contributed by atoms with E-state index in [1.54, 1.807) is 20.9 Å². The number of rotatable bonds is 6. The highest BCUT2D eigenvalue weighted by Crippen LogP contribution is 2.09. The van der Waals surface area contributed by atoms with Gasteiger partial charge in [0.15, 0.2) is 0 Å². The molecule has 0 aliphatic carbocycles. The van der Waals surface area contributed by atoms with Crippen LogP contribution < -0.4 is 5.32 Å². The molecule has 0 bridgehead atoms. The molecule has 17 heavy (non-hydrogen) atoms. The maximum Gasteiger partial charge on any atom is 0.317 e. The Bertz CT molecular complexity index is 310. The van der Waals surface area contributed by atoms with Crippen molar-refractivity contribution in [2.75, 3.05) is 20.1 Å². The van der Waals surface area contributed by atoms with Crippen molar-refractivity contribution in [1.82, 2.24) is 10.2 Å². The number of nitriles is 1. The van der Waals surface area contributed by atoms with E-state index in [4.69, 9.17) is 10.4 Å². The molecule has 0 saturated heterocycles. The van der Waals surface area contributed by atoms with Crippen molar-refractivity contribution in [3.63, 3.8) is 0 Å². The summed E-state index contributed by atoms with van der Waals surface area (Å²) >= 11 is 0. The Labute approximate surface area is 101 Å². The Morgan fingerprint density at radius 2 is 2.06 bits per heavy atom. The summed E-state index contributed by atoms with van der Waals surface area (Å²) in [4.78, 5) is 23.8. The summed E-state index contributed by atoms with van der Waals surface area (Å²) in [6.45, 7) is 4.03. The molecule has 0 aromatic carbocycles. The van der Waals surface area contributed by atoms with Crippen LogP contribution in [0.1, 0.15) is 20.3 Å². The quantitative estimate of drug-likeness (QED) is 0.722. The number of amides is 2. The van der Waals surface area contributed by atoms with Gasteiger partial charge in [-0.15, -0.1) is 0 Å². The fraction of sp³-hybridized carbons (Fsp3) is 0.727. The average molecular weight is 241 g/mol. The van der Waals surface area contributed by atoms with Gasteiger partial charge in [-0.05, 0) is 5.92 Å². The van der Waals surface area contributed by atoms with E-state index in [1.165, 1.54) is 4.90 Å². The molecule has 96 valence electrons. The fourth-order valence-electron chi connectivity index (χ4n) is 1.26. The van der Waals surface area contributed by atoms with Gasteiger partial charge in [-0.25, -0.2) is 4.79 Å². The van der Waals surface area contributed by atoms with Crippen LogP contribution in [0.4, 0.5) is 4.79 Å². The minimum atomic E-state index is -0.917. The summed E-state index contributed by atoms with van der Waals surface area (Å²) in [5.74, 6) is -1.56. The fourth-order valence-corrected chi connectivity index (χ4v) is 1.26. The van der Waals surface area contributed by atoms with Crippen LogP contribution >= 0.6 is 0 Å². The van der Waals surface area contributed by atoms with Crippen molar-refractivity contribution in [2.45, 2.75) is 20.3 Å². The number of nitrogens with one attached hydrogen (secondary N) is 1. The van der Waals surface area contributed by atoms with Crippen molar-refractivity contribution in [3.05, 3.63) is 0 Å². The van der Waals surface area contributed by atoms with Crippen molar-refractivity contribution < 1.29 is 14.7 Å². The van der Waals surface area contributed by atoms with E-state index in [9.17, 15) is 9.59 Å². The largest absolute Gasteiger partial charge is 0.481 e. The van der Waals surface area contributed by atoms with Crippen molar-refractivity contribution >= 4 is 12.0 Å². The predicted octanol–water partition coefficient (Wildman–Crippen LogP) is 0.898. The topological polar surface area (TPSA) is 93.4 Å². The van der Waals surface area contributed by atoms with Gasteiger partial charge in [-0.3, -0.25) is 4.79 Å². The minimum absolute atomic E-state index is 0.0442. The molecule has 0 aliphatic heterocycles. The number of nitrogens with zero attached hydrogens (tertiary/aromatic N) is 2. The highest BCUT2D eigenvalue weighted by atomic mass is 16.4. The van der Waals surface area contributed by atoms with Crippen molar-refractivity contribution in [3.8, 4) is 6.07 Å². The lowest BCUT2D eigenvalue weighted by molar-refractivity contribution is -0.142. The monoisotopic (exact) mass is 241 g/mol. The Kier molecular flexibility index (Phi) is 6.71. The molecule has 0 spiro atoms. The molecule has 0 fully saturated rings. The number of hydrogen-bond donors (Lipinski definition) is 2.